The maximum absolute atomic E-state index is 5.68. The molecule has 0 aliphatic heterocycles. The molecular formula is C15H16N4OS. The van der Waals surface area contributed by atoms with Gasteiger partial charge in [0.2, 0.25) is 0 Å². The van der Waals surface area contributed by atoms with E-state index in [1.807, 2.05) is 29.9 Å². The zero-order valence-electron chi connectivity index (χ0n) is 12.0. The zero-order chi connectivity index (χ0) is 14.7. The average molecular weight is 300 g/mol. The summed E-state index contributed by atoms with van der Waals surface area (Å²) in [5.74, 6) is 1.34. The van der Waals surface area contributed by atoms with Gasteiger partial charge >= 0.3 is 0 Å². The van der Waals surface area contributed by atoms with Crippen LogP contribution in [0.1, 0.15) is 18.1 Å². The minimum Gasteiger partial charge on any atom is -0.411 e. The molecule has 0 bridgehead atoms. The number of nitrogens with zero attached hydrogens (tertiary/aromatic N) is 4. The summed E-state index contributed by atoms with van der Waals surface area (Å²) in [7, 11) is 0. The molecule has 3 aromatic rings. The van der Waals surface area contributed by atoms with Crippen molar-refractivity contribution >= 4 is 11.8 Å². The van der Waals surface area contributed by atoms with E-state index in [9.17, 15) is 0 Å². The van der Waals surface area contributed by atoms with Crippen LogP contribution in [-0.4, -0.2) is 20.0 Å². The highest BCUT2D eigenvalue weighted by Gasteiger charge is 2.11. The fraction of sp³-hybridized carbons (Fsp3) is 0.267. The van der Waals surface area contributed by atoms with Gasteiger partial charge in [-0.15, -0.1) is 10.2 Å². The van der Waals surface area contributed by atoms with E-state index >= 15 is 0 Å². The predicted molar refractivity (Wildman–Crippen MR) is 81.9 cm³/mol. The van der Waals surface area contributed by atoms with Crippen molar-refractivity contribution in [1.82, 2.24) is 20.0 Å². The zero-order valence-corrected chi connectivity index (χ0v) is 12.8. The maximum Gasteiger partial charge on any atom is 0.277 e. The van der Waals surface area contributed by atoms with Gasteiger partial charge in [-0.2, -0.15) is 5.10 Å². The van der Waals surface area contributed by atoms with E-state index in [0.29, 0.717) is 11.1 Å². The molecule has 0 aliphatic rings. The van der Waals surface area contributed by atoms with E-state index in [1.54, 1.807) is 18.0 Å². The van der Waals surface area contributed by atoms with Crippen LogP contribution in [-0.2, 0) is 12.3 Å². The highest BCUT2D eigenvalue weighted by Crippen LogP contribution is 2.26. The Morgan fingerprint density at radius 1 is 1.24 bits per heavy atom. The number of aryl methyl sites for hydroxylation is 2. The maximum atomic E-state index is 5.68. The van der Waals surface area contributed by atoms with Crippen molar-refractivity contribution in [1.29, 1.82) is 0 Å². The van der Waals surface area contributed by atoms with Crippen LogP contribution in [0.4, 0.5) is 0 Å². The second-order valence-electron chi connectivity index (χ2n) is 4.67. The molecule has 0 radical (unpaired) electrons. The van der Waals surface area contributed by atoms with Crippen molar-refractivity contribution in [2.45, 2.75) is 31.4 Å². The van der Waals surface area contributed by atoms with Gasteiger partial charge in [-0.05, 0) is 25.0 Å². The van der Waals surface area contributed by atoms with Crippen LogP contribution in [0.2, 0.25) is 0 Å². The molecule has 3 rings (SSSR count). The standard InChI is InChI=1S/C15H16N4OS/c1-3-19-9-13(8-16-19)14-17-18-15(20-14)21-10-12-7-5-4-6-11(12)2/h4-9H,3,10H2,1-2H3. The summed E-state index contributed by atoms with van der Waals surface area (Å²) in [5, 5.41) is 12.9. The second-order valence-corrected chi connectivity index (χ2v) is 5.60. The lowest BCUT2D eigenvalue weighted by atomic mass is 10.1. The van der Waals surface area contributed by atoms with E-state index in [4.69, 9.17) is 4.42 Å². The van der Waals surface area contributed by atoms with Crippen molar-refractivity contribution in [2.24, 2.45) is 0 Å². The summed E-state index contributed by atoms with van der Waals surface area (Å²) >= 11 is 1.55. The Balaban J connectivity index is 1.69. The molecule has 5 nitrogen and oxygen atoms in total. The van der Waals surface area contributed by atoms with Gasteiger partial charge in [-0.25, -0.2) is 0 Å². The van der Waals surface area contributed by atoms with Crippen molar-refractivity contribution in [2.75, 3.05) is 0 Å². The van der Waals surface area contributed by atoms with E-state index in [2.05, 4.69) is 34.4 Å². The number of hydrogen-bond acceptors (Lipinski definition) is 5. The first kappa shape index (κ1) is 13.9. The van der Waals surface area contributed by atoms with Crippen LogP contribution < -0.4 is 0 Å². The number of hydrogen-bond donors (Lipinski definition) is 0. The molecule has 6 heteroatoms. The number of thioether (sulfide) groups is 1. The predicted octanol–water partition coefficient (Wildman–Crippen LogP) is 3.55. The first-order valence-corrected chi connectivity index (χ1v) is 7.78. The Labute approximate surface area is 127 Å². The lowest BCUT2D eigenvalue weighted by molar-refractivity contribution is 0.465. The summed E-state index contributed by atoms with van der Waals surface area (Å²) in [6.45, 7) is 4.96. The normalized spacial score (nSPS) is 11.0. The molecule has 0 aliphatic carbocycles. The fourth-order valence-electron chi connectivity index (χ4n) is 1.94. The van der Waals surface area contributed by atoms with E-state index in [-0.39, 0.29) is 0 Å². The Bertz CT molecular complexity index is 735. The van der Waals surface area contributed by atoms with Crippen LogP contribution in [0.5, 0.6) is 0 Å². The smallest absolute Gasteiger partial charge is 0.277 e. The molecule has 2 aromatic heterocycles. The molecule has 0 N–H and O–H groups in total. The molecule has 108 valence electrons. The molecule has 2 heterocycles. The Morgan fingerprint density at radius 2 is 2.10 bits per heavy atom. The van der Waals surface area contributed by atoms with Crippen molar-refractivity contribution in [3.05, 3.63) is 47.8 Å². The van der Waals surface area contributed by atoms with Gasteiger partial charge in [0.15, 0.2) is 0 Å². The number of aromatic nitrogens is 4. The van der Waals surface area contributed by atoms with Gasteiger partial charge in [-0.3, -0.25) is 4.68 Å². The summed E-state index contributed by atoms with van der Waals surface area (Å²) in [5.41, 5.74) is 3.40. The lowest BCUT2D eigenvalue weighted by Crippen LogP contribution is -1.91. The molecule has 0 spiro atoms. The Kier molecular flexibility index (Phi) is 4.06. The van der Waals surface area contributed by atoms with Crippen molar-refractivity contribution in [3.8, 4) is 11.5 Å². The molecule has 0 saturated heterocycles. The van der Waals surface area contributed by atoms with Crippen LogP contribution >= 0.6 is 11.8 Å². The summed E-state index contributed by atoms with van der Waals surface area (Å²) in [6.07, 6.45) is 3.65. The van der Waals surface area contributed by atoms with Crippen LogP contribution in [0.3, 0.4) is 0 Å². The molecule has 0 atom stereocenters. The second kappa shape index (κ2) is 6.13. The third-order valence-electron chi connectivity index (χ3n) is 3.22. The quantitative estimate of drug-likeness (QED) is 0.674. The van der Waals surface area contributed by atoms with Crippen LogP contribution in [0.15, 0.2) is 46.3 Å². The average Bonchev–Trinajstić information content (AvgIpc) is 3.15. The van der Waals surface area contributed by atoms with Crippen molar-refractivity contribution in [3.63, 3.8) is 0 Å². The van der Waals surface area contributed by atoms with Crippen LogP contribution in [0.25, 0.3) is 11.5 Å². The molecule has 1 aromatic carbocycles. The van der Waals surface area contributed by atoms with Gasteiger partial charge in [0.1, 0.15) is 0 Å². The minimum absolute atomic E-state index is 0.516. The number of rotatable bonds is 5. The van der Waals surface area contributed by atoms with E-state index in [0.717, 1.165) is 17.9 Å². The largest absolute Gasteiger partial charge is 0.411 e. The number of benzene rings is 1. The van der Waals surface area contributed by atoms with Crippen molar-refractivity contribution < 1.29 is 4.42 Å². The lowest BCUT2D eigenvalue weighted by Gasteiger charge is -2.01. The summed E-state index contributed by atoms with van der Waals surface area (Å²) in [6, 6.07) is 8.31. The van der Waals surface area contributed by atoms with Gasteiger partial charge < -0.3 is 4.42 Å². The highest BCUT2D eigenvalue weighted by molar-refractivity contribution is 7.98. The van der Waals surface area contributed by atoms with E-state index < -0.39 is 0 Å². The van der Waals surface area contributed by atoms with Gasteiger partial charge in [0.25, 0.3) is 11.1 Å². The third kappa shape index (κ3) is 3.16. The van der Waals surface area contributed by atoms with Gasteiger partial charge in [0, 0.05) is 18.5 Å². The first-order valence-electron chi connectivity index (χ1n) is 6.80. The fourth-order valence-corrected chi connectivity index (χ4v) is 2.78. The topological polar surface area (TPSA) is 56.7 Å². The third-order valence-corrected chi connectivity index (χ3v) is 4.09. The van der Waals surface area contributed by atoms with Crippen LogP contribution in [0, 0.1) is 6.92 Å². The molecule has 0 amide bonds. The monoisotopic (exact) mass is 300 g/mol. The summed E-state index contributed by atoms with van der Waals surface area (Å²) in [4.78, 5) is 0. The highest BCUT2D eigenvalue weighted by atomic mass is 32.2. The van der Waals surface area contributed by atoms with Gasteiger partial charge in [0.05, 0.1) is 11.8 Å². The molecule has 0 fully saturated rings. The Morgan fingerprint density at radius 3 is 2.86 bits per heavy atom. The first-order chi connectivity index (χ1) is 10.3. The molecular weight excluding hydrogens is 284 g/mol. The molecule has 0 unspecified atom stereocenters. The SMILES string of the molecule is CCn1cc(-c2nnc(SCc3ccccc3C)o2)cn1. The minimum atomic E-state index is 0.516. The Hall–Kier alpha value is -2.08. The van der Waals surface area contributed by atoms with E-state index in [1.165, 1.54) is 11.1 Å². The molecule has 21 heavy (non-hydrogen) atoms. The summed E-state index contributed by atoms with van der Waals surface area (Å²) < 4.78 is 7.51. The van der Waals surface area contributed by atoms with Gasteiger partial charge in [-0.1, -0.05) is 36.0 Å². The molecule has 0 saturated carbocycles.